The summed E-state index contributed by atoms with van der Waals surface area (Å²) in [6.07, 6.45) is 4.26. The average molecular weight is 336 g/mol. The Morgan fingerprint density at radius 1 is 1.36 bits per heavy atom. The molecule has 116 valence electrons. The summed E-state index contributed by atoms with van der Waals surface area (Å²) in [6.45, 7) is 1.86. The van der Waals surface area contributed by atoms with Crippen LogP contribution in [-0.2, 0) is 4.79 Å². The second-order valence-corrected chi connectivity index (χ2v) is 7.62. The molecular formula is C16H18ClN3OS. The average Bonchev–Trinajstić information content (AvgIpc) is 3.27. The Bertz CT molecular complexity index is 712. The van der Waals surface area contributed by atoms with E-state index in [1.807, 2.05) is 18.2 Å². The maximum Gasteiger partial charge on any atom is 0.223 e. The van der Waals surface area contributed by atoms with Crippen molar-refractivity contribution in [1.29, 1.82) is 0 Å². The van der Waals surface area contributed by atoms with E-state index in [0.29, 0.717) is 0 Å². The lowest BCUT2D eigenvalue weighted by molar-refractivity contribution is -0.123. The molecule has 1 unspecified atom stereocenters. The first-order chi connectivity index (χ1) is 10.7. The molecule has 22 heavy (non-hydrogen) atoms. The van der Waals surface area contributed by atoms with Gasteiger partial charge in [-0.3, -0.25) is 4.79 Å². The predicted octanol–water partition coefficient (Wildman–Crippen LogP) is 3.44. The molecule has 0 spiro atoms. The highest BCUT2D eigenvalue weighted by Crippen LogP contribution is 2.33. The van der Waals surface area contributed by atoms with E-state index >= 15 is 0 Å². The molecule has 1 atom stereocenters. The van der Waals surface area contributed by atoms with E-state index in [9.17, 15) is 4.79 Å². The third-order valence-electron chi connectivity index (χ3n) is 4.33. The van der Waals surface area contributed by atoms with Gasteiger partial charge in [0.2, 0.25) is 5.91 Å². The maximum atomic E-state index is 11.9. The van der Waals surface area contributed by atoms with Gasteiger partial charge in [-0.05, 0) is 43.9 Å². The molecule has 6 heteroatoms. The molecule has 0 bridgehead atoms. The fraction of sp³-hybridized carbons (Fsp3) is 0.500. The van der Waals surface area contributed by atoms with E-state index in [1.54, 1.807) is 11.3 Å². The number of hydrogen-bond acceptors (Lipinski definition) is 4. The Morgan fingerprint density at radius 2 is 2.23 bits per heavy atom. The number of aromatic nitrogens is 1. The minimum Gasteiger partial charge on any atom is -0.351 e. The Morgan fingerprint density at radius 3 is 3.05 bits per heavy atom. The van der Waals surface area contributed by atoms with Gasteiger partial charge in [0.25, 0.3) is 0 Å². The molecule has 0 radical (unpaired) electrons. The third kappa shape index (κ3) is 2.92. The minimum atomic E-state index is 0.239. The smallest absolute Gasteiger partial charge is 0.223 e. The van der Waals surface area contributed by atoms with Gasteiger partial charge >= 0.3 is 0 Å². The van der Waals surface area contributed by atoms with Gasteiger partial charge in [-0.1, -0.05) is 22.9 Å². The predicted molar refractivity (Wildman–Crippen MR) is 90.7 cm³/mol. The number of piperidine rings is 1. The van der Waals surface area contributed by atoms with Crippen molar-refractivity contribution in [2.45, 2.75) is 31.7 Å². The molecule has 1 N–H and O–H groups in total. The van der Waals surface area contributed by atoms with Gasteiger partial charge in [-0.15, -0.1) is 0 Å². The molecular weight excluding hydrogens is 318 g/mol. The number of benzene rings is 1. The normalized spacial score (nSPS) is 22.0. The number of rotatable bonds is 3. The summed E-state index contributed by atoms with van der Waals surface area (Å²) in [5.74, 6) is 0.517. The van der Waals surface area contributed by atoms with Crippen LogP contribution in [0, 0.1) is 5.92 Å². The third-order valence-corrected chi connectivity index (χ3v) is 5.64. The molecule has 2 aromatic rings. The van der Waals surface area contributed by atoms with E-state index in [-0.39, 0.29) is 17.9 Å². The highest BCUT2D eigenvalue weighted by molar-refractivity contribution is 7.22. The second-order valence-electron chi connectivity index (χ2n) is 6.18. The summed E-state index contributed by atoms with van der Waals surface area (Å²) < 4.78 is 1.12. The molecule has 1 amide bonds. The van der Waals surface area contributed by atoms with Crippen molar-refractivity contribution in [2.24, 2.45) is 5.92 Å². The van der Waals surface area contributed by atoms with Crippen LogP contribution in [0.3, 0.4) is 0 Å². The monoisotopic (exact) mass is 335 g/mol. The standard InChI is InChI=1S/C16H18ClN3OS/c17-11-5-6-13-14(8-11)22-16(19-13)20-7-1-2-12(9-20)18-15(21)10-3-4-10/h5-6,8,10,12H,1-4,7,9H2,(H,18,21). The highest BCUT2D eigenvalue weighted by atomic mass is 35.5. The second kappa shape index (κ2) is 5.70. The van der Waals surface area contributed by atoms with E-state index in [0.717, 1.165) is 59.1 Å². The Hall–Kier alpha value is -1.33. The van der Waals surface area contributed by atoms with Gasteiger partial charge in [0.05, 0.1) is 10.2 Å². The molecule has 2 aliphatic rings. The van der Waals surface area contributed by atoms with Gasteiger partial charge in [0.1, 0.15) is 0 Å². The number of thiazole rings is 1. The van der Waals surface area contributed by atoms with Gasteiger partial charge < -0.3 is 10.2 Å². The maximum absolute atomic E-state index is 11.9. The summed E-state index contributed by atoms with van der Waals surface area (Å²) in [4.78, 5) is 18.9. The van der Waals surface area contributed by atoms with Crippen LogP contribution in [0.25, 0.3) is 10.2 Å². The van der Waals surface area contributed by atoms with E-state index < -0.39 is 0 Å². The fourth-order valence-electron chi connectivity index (χ4n) is 2.95. The minimum absolute atomic E-state index is 0.239. The number of halogens is 1. The molecule has 2 fully saturated rings. The molecule has 1 aliphatic heterocycles. The molecule has 1 aliphatic carbocycles. The number of carbonyl (C=O) groups is 1. The first-order valence-corrected chi connectivity index (χ1v) is 9.00. The van der Waals surface area contributed by atoms with Crippen LogP contribution in [0.4, 0.5) is 5.13 Å². The summed E-state index contributed by atoms with van der Waals surface area (Å²) in [6, 6.07) is 6.06. The topological polar surface area (TPSA) is 45.2 Å². The Labute approximate surface area is 138 Å². The Balaban J connectivity index is 1.49. The zero-order valence-electron chi connectivity index (χ0n) is 12.2. The quantitative estimate of drug-likeness (QED) is 0.934. The summed E-state index contributed by atoms with van der Waals surface area (Å²) in [5.41, 5.74) is 0.994. The molecule has 4 rings (SSSR count). The first-order valence-electron chi connectivity index (χ1n) is 7.80. The van der Waals surface area contributed by atoms with Gasteiger partial charge in [-0.25, -0.2) is 4.98 Å². The number of hydrogen-bond donors (Lipinski definition) is 1. The first kappa shape index (κ1) is 14.3. The zero-order valence-corrected chi connectivity index (χ0v) is 13.8. The van der Waals surface area contributed by atoms with Crippen LogP contribution < -0.4 is 10.2 Å². The summed E-state index contributed by atoms with van der Waals surface area (Å²) >= 11 is 7.72. The van der Waals surface area contributed by atoms with Crippen molar-refractivity contribution in [3.63, 3.8) is 0 Å². The summed E-state index contributed by atoms with van der Waals surface area (Å²) in [7, 11) is 0. The number of anilines is 1. The van der Waals surface area contributed by atoms with Crippen LogP contribution in [0.5, 0.6) is 0 Å². The van der Waals surface area contributed by atoms with Crippen molar-refractivity contribution >= 4 is 44.2 Å². The SMILES string of the molecule is O=C(NC1CCCN(c2nc3ccc(Cl)cc3s2)C1)C1CC1. The lowest BCUT2D eigenvalue weighted by Gasteiger charge is -2.33. The van der Waals surface area contributed by atoms with Crippen LogP contribution in [0.15, 0.2) is 18.2 Å². The lowest BCUT2D eigenvalue weighted by Crippen LogP contribution is -2.48. The van der Waals surface area contributed by atoms with Crippen LogP contribution in [0.2, 0.25) is 5.02 Å². The zero-order chi connectivity index (χ0) is 15.1. The van der Waals surface area contributed by atoms with Crippen molar-refractivity contribution in [3.05, 3.63) is 23.2 Å². The van der Waals surface area contributed by atoms with Crippen molar-refractivity contribution < 1.29 is 4.79 Å². The highest BCUT2D eigenvalue weighted by Gasteiger charge is 2.32. The van der Waals surface area contributed by atoms with Gasteiger partial charge in [0, 0.05) is 30.1 Å². The van der Waals surface area contributed by atoms with Crippen molar-refractivity contribution in [2.75, 3.05) is 18.0 Å². The van der Waals surface area contributed by atoms with E-state index in [2.05, 4.69) is 10.2 Å². The molecule has 1 saturated heterocycles. The number of nitrogens with one attached hydrogen (secondary N) is 1. The number of fused-ring (bicyclic) bond motifs is 1. The number of carbonyl (C=O) groups excluding carboxylic acids is 1. The molecule has 1 aromatic carbocycles. The largest absolute Gasteiger partial charge is 0.351 e. The van der Waals surface area contributed by atoms with Gasteiger partial charge in [-0.2, -0.15) is 0 Å². The summed E-state index contributed by atoms with van der Waals surface area (Å²) in [5, 5.41) is 4.97. The van der Waals surface area contributed by atoms with Crippen LogP contribution in [-0.4, -0.2) is 30.0 Å². The van der Waals surface area contributed by atoms with Crippen molar-refractivity contribution in [1.82, 2.24) is 10.3 Å². The van der Waals surface area contributed by atoms with Crippen molar-refractivity contribution in [3.8, 4) is 0 Å². The molecule has 1 saturated carbocycles. The Kier molecular flexibility index (Phi) is 3.70. The van der Waals surface area contributed by atoms with Gasteiger partial charge in [0.15, 0.2) is 5.13 Å². The number of nitrogens with zero attached hydrogens (tertiary/aromatic N) is 2. The van der Waals surface area contributed by atoms with Crippen LogP contribution >= 0.6 is 22.9 Å². The van der Waals surface area contributed by atoms with Crippen LogP contribution in [0.1, 0.15) is 25.7 Å². The lowest BCUT2D eigenvalue weighted by atomic mass is 10.1. The van der Waals surface area contributed by atoms with E-state index in [4.69, 9.17) is 16.6 Å². The molecule has 1 aromatic heterocycles. The fourth-order valence-corrected chi connectivity index (χ4v) is 4.23. The number of amides is 1. The molecule has 4 nitrogen and oxygen atoms in total. The van der Waals surface area contributed by atoms with E-state index in [1.165, 1.54) is 0 Å². The molecule has 2 heterocycles.